The Labute approximate surface area is 213 Å². The number of para-hydroxylation sites is 2. The standard InChI is InChI=1S/C26H23ClN5O3P/c1-2-5-22(36)30-24(33)14-8-10-16(19(12-14)25-31-32-26(34)35-25)18-13-15(27)9-11-17(18)23-28-20-6-3-4-7-21(20)29-23/h3-4,6-13,22H,2,5,36H2,1H3,(H,28,29)(H,30,33)(H,32,34)/t22-/m0/s1. The van der Waals surface area contributed by atoms with E-state index in [4.69, 9.17) is 21.0 Å². The van der Waals surface area contributed by atoms with Gasteiger partial charge in [0.25, 0.3) is 5.91 Å². The Morgan fingerprint density at radius 2 is 1.89 bits per heavy atom. The van der Waals surface area contributed by atoms with Crippen molar-refractivity contribution in [2.75, 3.05) is 0 Å². The van der Waals surface area contributed by atoms with Crippen LogP contribution < -0.4 is 11.1 Å². The van der Waals surface area contributed by atoms with Crippen molar-refractivity contribution in [3.8, 4) is 34.0 Å². The van der Waals surface area contributed by atoms with Gasteiger partial charge in [0.05, 0.1) is 11.0 Å². The van der Waals surface area contributed by atoms with Gasteiger partial charge in [0.1, 0.15) is 5.82 Å². The minimum absolute atomic E-state index is 0.0541. The van der Waals surface area contributed by atoms with Crippen molar-refractivity contribution >= 4 is 37.8 Å². The van der Waals surface area contributed by atoms with Crippen LogP contribution >= 0.6 is 20.8 Å². The van der Waals surface area contributed by atoms with Crippen LogP contribution in [0.15, 0.2) is 69.9 Å². The summed E-state index contributed by atoms with van der Waals surface area (Å²) < 4.78 is 5.30. The average Bonchev–Trinajstić information content (AvgIpc) is 3.50. The number of H-pyrrole nitrogens is 2. The van der Waals surface area contributed by atoms with Crippen molar-refractivity contribution in [3.05, 3.63) is 81.8 Å². The van der Waals surface area contributed by atoms with Crippen LogP contribution in [0.5, 0.6) is 0 Å². The number of fused-ring (bicyclic) bond motifs is 1. The van der Waals surface area contributed by atoms with Gasteiger partial charge in [-0.2, -0.15) is 0 Å². The number of amides is 1. The molecule has 0 saturated carbocycles. The van der Waals surface area contributed by atoms with Crippen molar-refractivity contribution in [2.45, 2.75) is 25.5 Å². The van der Waals surface area contributed by atoms with Crippen molar-refractivity contribution < 1.29 is 9.21 Å². The lowest BCUT2D eigenvalue weighted by Gasteiger charge is -2.15. The van der Waals surface area contributed by atoms with E-state index in [-0.39, 0.29) is 17.6 Å². The number of carbonyl (C=O) groups is 1. The van der Waals surface area contributed by atoms with Crippen molar-refractivity contribution in [1.29, 1.82) is 0 Å². The normalized spacial score (nSPS) is 12.1. The molecule has 2 heterocycles. The number of benzene rings is 3. The second kappa shape index (κ2) is 10.1. The van der Waals surface area contributed by atoms with E-state index in [9.17, 15) is 9.59 Å². The van der Waals surface area contributed by atoms with Crippen LogP contribution in [0.1, 0.15) is 30.1 Å². The van der Waals surface area contributed by atoms with Crippen LogP contribution in [0.3, 0.4) is 0 Å². The van der Waals surface area contributed by atoms with Gasteiger partial charge in [-0.3, -0.25) is 4.79 Å². The molecule has 2 atom stereocenters. The number of imidazole rings is 1. The Balaban J connectivity index is 1.66. The van der Waals surface area contributed by atoms with Crippen LogP contribution in [0, 0.1) is 0 Å². The van der Waals surface area contributed by atoms with Crippen LogP contribution in [-0.4, -0.2) is 31.9 Å². The first-order valence-corrected chi connectivity index (χ1v) is 12.5. The summed E-state index contributed by atoms with van der Waals surface area (Å²) in [6.45, 7) is 2.06. The minimum atomic E-state index is -0.692. The van der Waals surface area contributed by atoms with E-state index in [2.05, 4.69) is 36.7 Å². The van der Waals surface area contributed by atoms with Crippen LogP contribution in [-0.2, 0) is 0 Å². The first-order chi connectivity index (χ1) is 17.4. The number of hydrogen-bond acceptors (Lipinski definition) is 5. The summed E-state index contributed by atoms with van der Waals surface area (Å²) in [6, 6.07) is 18.4. The lowest BCUT2D eigenvalue weighted by Crippen LogP contribution is -2.30. The van der Waals surface area contributed by atoms with Gasteiger partial charge in [-0.25, -0.2) is 14.9 Å². The second-order valence-corrected chi connectivity index (χ2v) is 9.58. The van der Waals surface area contributed by atoms with Gasteiger partial charge in [0.2, 0.25) is 5.89 Å². The summed E-state index contributed by atoms with van der Waals surface area (Å²) in [5, 5.41) is 9.81. The first kappa shape index (κ1) is 24.0. The van der Waals surface area contributed by atoms with E-state index in [0.29, 0.717) is 27.5 Å². The fourth-order valence-corrected chi connectivity index (χ4v) is 4.76. The van der Waals surface area contributed by atoms with E-state index >= 15 is 0 Å². The minimum Gasteiger partial charge on any atom is -0.388 e. The first-order valence-electron chi connectivity index (χ1n) is 11.4. The molecular formula is C26H23ClN5O3P. The Morgan fingerprint density at radius 1 is 1.08 bits per heavy atom. The van der Waals surface area contributed by atoms with E-state index in [0.717, 1.165) is 35.0 Å². The molecule has 0 spiro atoms. The summed E-state index contributed by atoms with van der Waals surface area (Å²) >= 11 is 6.41. The predicted octanol–water partition coefficient (Wildman–Crippen LogP) is 5.62. The number of halogens is 1. The largest absolute Gasteiger partial charge is 0.434 e. The summed E-state index contributed by atoms with van der Waals surface area (Å²) in [7, 11) is 2.64. The van der Waals surface area contributed by atoms with Crippen LogP contribution in [0.2, 0.25) is 5.02 Å². The smallest absolute Gasteiger partial charge is 0.388 e. The highest BCUT2D eigenvalue weighted by atomic mass is 35.5. The van der Waals surface area contributed by atoms with E-state index in [1.807, 2.05) is 36.4 Å². The molecule has 0 aliphatic heterocycles. The number of nitrogens with zero attached hydrogens (tertiary/aromatic N) is 2. The molecule has 5 rings (SSSR count). The van der Waals surface area contributed by atoms with Gasteiger partial charge in [-0.15, -0.1) is 14.3 Å². The Kier molecular flexibility index (Phi) is 6.72. The topological polar surface area (TPSA) is 117 Å². The van der Waals surface area contributed by atoms with Crippen LogP contribution in [0.4, 0.5) is 0 Å². The average molecular weight is 520 g/mol. The second-order valence-electron chi connectivity index (χ2n) is 8.34. The number of rotatable bonds is 7. The molecule has 2 aromatic heterocycles. The fourth-order valence-electron chi connectivity index (χ4n) is 4.10. The summed E-state index contributed by atoms with van der Waals surface area (Å²) in [5.74, 6) is -0.262. The molecule has 8 nitrogen and oxygen atoms in total. The molecule has 0 radical (unpaired) electrons. The van der Waals surface area contributed by atoms with Crippen LogP contribution in [0.25, 0.3) is 45.0 Å². The maximum absolute atomic E-state index is 12.9. The molecule has 36 heavy (non-hydrogen) atoms. The molecule has 0 saturated heterocycles. The Hall–Kier alpha value is -3.74. The number of nitrogens with one attached hydrogen (secondary N) is 3. The van der Waals surface area contributed by atoms with Gasteiger partial charge < -0.3 is 14.7 Å². The summed E-state index contributed by atoms with van der Waals surface area (Å²) in [5.41, 5.74) is 4.82. The highest BCUT2D eigenvalue weighted by Gasteiger charge is 2.21. The molecule has 5 aromatic rings. The molecule has 3 N–H and O–H groups in total. The molecule has 3 aromatic carbocycles. The monoisotopic (exact) mass is 519 g/mol. The van der Waals surface area contributed by atoms with Gasteiger partial charge in [0.15, 0.2) is 0 Å². The number of aromatic nitrogens is 4. The third-order valence-corrected chi connectivity index (χ3v) is 6.52. The molecule has 0 fully saturated rings. The lowest BCUT2D eigenvalue weighted by molar-refractivity contribution is 0.0948. The van der Waals surface area contributed by atoms with Gasteiger partial charge in [-0.1, -0.05) is 43.1 Å². The van der Waals surface area contributed by atoms with E-state index in [1.165, 1.54) is 0 Å². The van der Waals surface area contributed by atoms with Gasteiger partial charge in [-0.05, 0) is 60.0 Å². The highest BCUT2D eigenvalue weighted by Crippen LogP contribution is 2.39. The van der Waals surface area contributed by atoms with Crippen molar-refractivity contribution in [1.82, 2.24) is 25.5 Å². The third kappa shape index (κ3) is 4.83. The number of hydrogen-bond donors (Lipinski definition) is 3. The van der Waals surface area contributed by atoms with Crippen molar-refractivity contribution in [3.63, 3.8) is 0 Å². The number of carbonyl (C=O) groups excluding carboxylic acids is 1. The molecule has 10 heteroatoms. The fraction of sp³-hybridized carbons (Fsp3) is 0.154. The summed E-state index contributed by atoms with van der Waals surface area (Å²) in [6.07, 6.45) is 1.77. The Bertz CT molecular complexity index is 1590. The zero-order chi connectivity index (χ0) is 25.2. The zero-order valence-corrected chi connectivity index (χ0v) is 21.3. The predicted molar refractivity (Wildman–Crippen MR) is 144 cm³/mol. The molecule has 0 bridgehead atoms. The molecule has 0 aliphatic carbocycles. The highest BCUT2D eigenvalue weighted by molar-refractivity contribution is 7.17. The maximum Gasteiger partial charge on any atom is 0.434 e. The van der Waals surface area contributed by atoms with E-state index in [1.54, 1.807) is 24.3 Å². The molecule has 1 amide bonds. The molecular weight excluding hydrogens is 497 g/mol. The van der Waals surface area contributed by atoms with Gasteiger partial charge in [0, 0.05) is 27.5 Å². The summed E-state index contributed by atoms with van der Waals surface area (Å²) in [4.78, 5) is 32.8. The van der Waals surface area contributed by atoms with Gasteiger partial charge >= 0.3 is 5.76 Å². The third-order valence-electron chi connectivity index (χ3n) is 5.78. The van der Waals surface area contributed by atoms with Crippen molar-refractivity contribution in [2.24, 2.45) is 0 Å². The maximum atomic E-state index is 12.9. The lowest BCUT2D eigenvalue weighted by atomic mass is 9.93. The Morgan fingerprint density at radius 3 is 2.64 bits per heavy atom. The SMILES string of the molecule is CCC[C@H](P)NC(=O)c1ccc(-c2cc(Cl)ccc2-c2nc3ccccc3[nH]2)c(-c2n[nH]c(=O)o2)c1. The number of aromatic amines is 2. The molecule has 1 unspecified atom stereocenters. The zero-order valence-electron chi connectivity index (χ0n) is 19.3. The van der Waals surface area contributed by atoms with E-state index < -0.39 is 5.76 Å². The molecule has 182 valence electrons. The quantitative estimate of drug-likeness (QED) is 0.241. The molecule has 0 aliphatic rings.